The number of methoxy groups -OCH3 is 1. The van der Waals surface area contributed by atoms with Crippen molar-refractivity contribution in [3.63, 3.8) is 0 Å². The van der Waals surface area contributed by atoms with Crippen LogP contribution in [0.1, 0.15) is 31.8 Å². The molecule has 0 saturated carbocycles. The molecule has 0 atom stereocenters. The molecule has 0 aliphatic carbocycles. The van der Waals surface area contributed by atoms with Crippen LogP contribution in [0.25, 0.3) is 6.08 Å². The Labute approximate surface area is 179 Å². The van der Waals surface area contributed by atoms with Gasteiger partial charge in [-0.15, -0.1) is 0 Å². The standard InChI is InChI=1S/C24H21N3O4/c1-31-24(30)20-13-18(16-26-22(28)8-7-17-5-3-2-4-6-17)14-21(15-20)27-23(29)19-9-11-25-12-10-19/h2-15H,16H2,1H3,(H,26,28)(H,27,29). The van der Waals surface area contributed by atoms with Crippen LogP contribution < -0.4 is 10.6 Å². The first-order valence-electron chi connectivity index (χ1n) is 9.50. The zero-order chi connectivity index (χ0) is 22.1. The fraction of sp³-hybridized carbons (Fsp3) is 0.0833. The molecule has 0 saturated heterocycles. The third-order valence-corrected chi connectivity index (χ3v) is 4.31. The first kappa shape index (κ1) is 21.4. The average Bonchev–Trinajstić information content (AvgIpc) is 2.82. The maximum Gasteiger partial charge on any atom is 0.337 e. The van der Waals surface area contributed by atoms with Gasteiger partial charge in [0.05, 0.1) is 12.7 Å². The smallest absolute Gasteiger partial charge is 0.337 e. The van der Waals surface area contributed by atoms with Crippen molar-refractivity contribution >= 4 is 29.5 Å². The number of ether oxygens (including phenoxy) is 1. The fourth-order valence-corrected chi connectivity index (χ4v) is 2.79. The summed E-state index contributed by atoms with van der Waals surface area (Å²) in [6.07, 6.45) is 6.18. The summed E-state index contributed by atoms with van der Waals surface area (Å²) in [6, 6.07) is 17.4. The lowest BCUT2D eigenvalue weighted by atomic mass is 10.1. The maximum absolute atomic E-state index is 12.4. The maximum atomic E-state index is 12.4. The molecule has 0 bridgehead atoms. The molecule has 3 aromatic rings. The first-order chi connectivity index (χ1) is 15.0. The van der Waals surface area contributed by atoms with Crippen LogP contribution in [0.15, 0.2) is 79.1 Å². The van der Waals surface area contributed by atoms with E-state index in [0.717, 1.165) is 5.56 Å². The van der Waals surface area contributed by atoms with Gasteiger partial charge in [-0.3, -0.25) is 14.6 Å². The Balaban J connectivity index is 1.72. The molecule has 0 fully saturated rings. The van der Waals surface area contributed by atoms with Crippen LogP contribution in [0.2, 0.25) is 0 Å². The van der Waals surface area contributed by atoms with E-state index in [-0.39, 0.29) is 23.9 Å². The van der Waals surface area contributed by atoms with Gasteiger partial charge >= 0.3 is 5.97 Å². The van der Waals surface area contributed by atoms with Gasteiger partial charge < -0.3 is 15.4 Å². The minimum Gasteiger partial charge on any atom is -0.465 e. The lowest BCUT2D eigenvalue weighted by molar-refractivity contribution is -0.116. The van der Waals surface area contributed by atoms with Crippen LogP contribution in [0, 0.1) is 0 Å². The second-order valence-corrected chi connectivity index (χ2v) is 6.56. The van der Waals surface area contributed by atoms with Crippen LogP contribution >= 0.6 is 0 Å². The van der Waals surface area contributed by atoms with Crippen molar-refractivity contribution in [1.82, 2.24) is 10.3 Å². The number of amides is 2. The molecule has 7 nitrogen and oxygen atoms in total. The van der Waals surface area contributed by atoms with Crippen molar-refractivity contribution in [2.24, 2.45) is 0 Å². The van der Waals surface area contributed by atoms with E-state index in [9.17, 15) is 14.4 Å². The second-order valence-electron chi connectivity index (χ2n) is 6.56. The second kappa shape index (κ2) is 10.5. The number of carbonyl (C=O) groups is 3. The predicted molar refractivity (Wildman–Crippen MR) is 117 cm³/mol. The SMILES string of the molecule is COC(=O)c1cc(CNC(=O)C=Cc2ccccc2)cc(NC(=O)c2ccncc2)c1. The van der Waals surface area contributed by atoms with Gasteiger partial charge in [0, 0.05) is 36.3 Å². The predicted octanol–water partition coefficient (Wildman–Crippen LogP) is 3.45. The van der Waals surface area contributed by atoms with Gasteiger partial charge in [-0.25, -0.2) is 4.79 Å². The summed E-state index contributed by atoms with van der Waals surface area (Å²) >= 11 is 0. The number of esters is 1. The van der Waals surface area contributed by atoms with E-state index in [2.05, 4.69) is 15.6 Å². The molecule has 0 spiro atoms. The zero-order valence-corrected chi connectivity index (χ0v) is 16.9. The Hall–Kier alpha value is -4.26. The van der Waals surface area contributed by atoms with Gasteiger partial charge in [0.25, 0.3) is 5.91 Å². The zero-order valence-electron chi connectivity index (χ0n) is 16.9. The molecular formula is C24H21N3O4. The van der Waals surface area contributed by atoms with Crippen molar-refractivity contribution in [1.29, 1.82) is 0 Å². The number of nitrogens with zero attached hydrogens (tertiary/aromatic N) is 1. The van der Waals surface area contributed by atoms with Gasteiger partial charge in [0.2, 0.25) is 5.91 Å². The summed E-state index contributed by atoms with van der Waals surface area (Å²) in [7, 11) is 1.28. The Morgan fingerprint density at radius 1 is 0.968 bits per heavy atom. The number of pyridine rings is 1. The Morgan fingerprint density at radius 3 is 2.42 bits per heavy atom. The van der Waals surface area contributed by atoms with E-state index >= 15 is 0 Å². The molecule has 2 amide bonds. The molecule has 3 rings (SSSR count). The number of hydrogen-bond donors (Lipinski definition) is 2. The first-order valence-corrected chi connectivity index (χ1v) is 9.50. The lowest BCUT2D eigenvalue weighted by Crippen LogP contribution is -2.21. The van der Waals surface area contributed by atoms with Crippen molar-refractivity contribution in [2.75, 3.05) is 12.4 Å². The Morgan fingerprint density at radius 2 is 1.71 bits per heavy atom. The number of hydrogen-bond acceptors (Lipinski definition) is 5. The summed E-state index contributed by atoms with van der Waals surface area (Å²) in [5.74, 6) is -1.17. The highest BCUT2D eigenvalue weighted by Crippen LogP contribution is 2.17. The third-order valence-electron chi connectivity index (χ3n) is 4.31. The topological polar surface area (TPSA) is 97.4 Å². The molecule has 156 valence electrons. The van der Waals surface area contributed by atoms with E-state index in [1.54, 1.807) is 30.3 Å². The molecule has 1 heterocycles. The number of carbonyl (C=O) groups excluding carboxylic acids is 3. The molecule has 0 unspecified atom stereocenters. The van der Waals surface area contributed by atoms with Gasteiger partial charge in [0.1, 0.15) is 0 Å². The summed E-state index contributed by atoms with van der Waals surface area (Å²) < 4.78 is 4.79. The molecule has 0 radical (unpaired) electrons. The van der Waals surface area contributed by atoms with Crippen molar-refractivity contribution in [3.05, 3.63) is 101 Å². The summed E-state index contributed by atoms with van der Waals surface area (Å²) in [4.78, 5) is 40.5. The molecule has 0 aliphatic heterocycles. The van der Waals surface area contributed by atoms with E-state index in [1.807, 2.05) is 30.3 Å². The van der Waals surface area contributed by atoms with Gasteiger partial charge in [-0.05, 0) is 47.5 Å². The lowest BCUT2D eigenvalue weighted by Gasteiger charge is -2.11. The highest BCUT2D eigenvalue weighted by Gasteiger charge is 2.12. The molecule has 2 N–H and O–H groups in total. The van der Waals surface area contributed by atoms with Crippen LogP contribution in [-0.2, 0) is 16.1 Å². The third kappa shape index (κ3) is 6.37. The number of rotatable bonds is 7. The molecule has 0 aliphatic rings. The largest absolute Gasteiger partial charge is 0.465 e. The molecule has 7 heteroatoms. The van der Waals surface area contributed by atoms with E-state index in [4.69, 9.17) is 4.74 Å². The number of anilines is 1. The van der Waals surface area contributed by atoms with E-state index in [0.29, 0.717) is 16.8 Å². The van der Waals surface area contributed by atoms with Crippen molar-refractivity contribution < 1.29 is 19.1 Å². The highest BCUT2D eigenvalue weighted by atomic mass is 16.5. The number of aromatic nitrogens is 1. The minimum absolute atomic E-state index is 0.168. The Bertz CT molecular complexity index is 1100. The van der Waals surface area contributed by atoms with E-state index in [1.165, 1.54) is 31.6 Å². The van der Waals surface area contributed by atoms with Crippen LogP contribution in [-0.4, -0.2) is 29.9 Å². The van der Waals surface area contributed by atoms with Crippen LogP contribution in [0.4, 0.5) is 5.69 Å². The molecule has 2 aromatic carbocycles. The quantitative estimate of drug-likeness (QED) is 0.455. The highest BCUT2D eigenvalue weighted by molar-refractivity contribution is 6.04. The number of nitrogens with one attached hydrogen (secondary N) is 2. The fourth-order valence-electron chi connectivity index (χ4n) is 2.79. The van der Waals surface area contributed by atoms with Crippen LogP contribution in [0.3, 0.4) is 0 Å². The monoisotopic (exact) mass is 415 g/mol. The Kier molecular flexibility index (Phi) is 7.26. The molecular weight excluding hydrogens is 394 g/mol. The minimum atomic E-state index is -0.545. The van der Waals surface area contributed by atoms with Gasteiger partial charge in [0.15, 0.2) is 0 Å². The average molecular weight is 415 g/mol. The summed E-state index contributed by atoms with van der Waals surface area (Å²) in [6.45, 7) is 0.168. The van der Waals surface area contributed by atoms with Gasteiger partial charge in [-0.2, -0.15) is 0 Å². The van der Waals surface area contributed by atoms with Crippen molar-refractivity contribution in [3.8, 4) is 0 Å². The van der Waals surface area contributed by atoms with E-state index < -0.39 is 5.97 Å². The normalized spacial score (nSPS) is 10.5. The van der Waals surface area contributed by atoms with Crippen LogP contribution in [0.5, 0.6) is 0 Å². The number of benzene rings is 2. The van der Waals surface area contributed by atoms with Crippen molar-refractivity contribution in [2.45, 2.75) is 6.54 Å². The molecule has 31 heavy (non-hydrogen) atoms. The summed E-state index contributed by atoms with van der Waals surface area (Å²) in [5, 5.41) is 5.52. The molecule has 1 aromatic heterocycles. The van der Waals surface area contributed by atoms with Gasteiger partial charge in [-0.1, -0.05) is 30.3 Å². The summed E-state index contributed by atoms with van der Waals surface area (Å²) in [5.41, 5.74) is 2.65.